The molecular weight excluding hydrogens is 471 g/mol. The Balaban J connectivity index is 1.81. The number of benzene rings is 2. The van der Waals surface area contributed by atoms with Crippen molar-refractivity contribution < 1.29 is 19.5 Å². The van der Waals surface area contributed by atoms with E-state index >= 15 is 0 Å². The number of carboxylic acid groups (broad SMARTS) is 1. The molecule has 1 aliphatic heterocycles. The predicted molar refractivity (Wildman–Crippen MR) is 105 cm³/mol. The van der Waals surface area contributed by atoms with Crippen molar-refractivity contribution in [3.8, 4) is 0 Å². The van der Waals surface area contributed by atoms with Gasteiger partial charge in [-0.1, -0.05) is 11.6 Å². The molecule has 0 bridgehead atoms. The van der Waals surface area contributed by atoms with E-state index in [2.05, 4.69) is 0 Å². The zero-order valence-electron chi connectivity index (χ0n) is 13.5. The molecule has 0 atom stereocenters. The van der Waals surface area contributed by atoms with Gasteiger partial charge < -0.3 is 10.0 Å². The van der Waals surface area contributed by atoms with Crippen molar-refractivity contribution >= 4 is 52.1 Å². The Kier molecular flexibility index (Phi) is 5.47. The largest absolute Gasteiger partial charge is 0.465 e. The van der Waals surface area contributed by atoms with E-state index in [1.165, 1.54) is 0 Å². The monoisotopic (exact) mass is 484 g/mol. The van der Waals surface area contributed by atoms with Gasteiger partial charge in [-0.2, -0.15) is 0 Å². The van der Waals surface area contributed by atoms with Crippen LogP contribution >= 0.6 is 34.2 Å². The Labute approximate surface area is 168 Å². The van der Waals surface area contributed by atoms with Crippen molar-refractivity contribution in [3.05, 3.63) is 67.2 Å². The summed E-state index contributed by atoms with van der Waals surface area (Å²) in [5, 5.41) is 11.1. The molecule has 2 N–H and O–H groups in total. The van der Waals surface area contributed by atoms with Crippen molar-refractivity contribution in [1.82, 2.24) is 10.2 Å². The predicted octanol–water partition coefficient (Wildman–Crippen LogP) is 3.55. The van der Waals surface area contributed by atoms with Gasteiger partial charge in [0.25, 0.3) is 11.8 Å². The molecule has 0 fully saturated rings. The van der Waals surface area contributed by atoms with Crippen LogP contribution in [0.25, 0.3) is 0 Å². The van der Waals surface area contributed by atoms with Crippen LogP contribution < -0.4 is 5.32 Å². The maximum Gasteiger partial charge on any atom is 0.411 e. The number of hydrogen-bond acceptors (Lipinski definition) is 3. The third-order valence-electron chi connectivity index (χ3n) is 4.15. The Morgan fingerprint density at radius 1 is 1.12 bits per heavy atom. The second-order valence-corrected chi connectivity index (χ2v) is 7.44. The molecule has 8 heteroatoms. The highest BCUT2D eigenvalue weighted by Gasteiger charge is 2.24. The average Bonchev–Trinajstić information content (AvgIpc) is 2.60. The minimum absolute atomic E-state index is 0.0741. The number of fused-ring (bicyclic) bond motifs is 1. The number of amides is 3. The minimum atomic E-state index is -1.39. The van der Waals surface area contributed by atoms with Gasteiger partial charge in [0.15, 0.2) is 0 Å². The molecule has 0 aromatic heterocycles. The lowest BCUT2D eigenvalue weighted by Crippen LogP contribution is -2.36. The summed E-state index contributed by atoms with van der Waals surface area (Å²) in [6, 6.07) is 10.3. The zero-order chi connectivity index (χ0) is 18.8. The standard InChI is InChI=1S/C18H14ClIN2O4/c19-13-3-1-10(2-4-13)17(24)22-6-5-11-7-14(16(23)21-18(25)26)15(20)8-12(11)9-22/h1-4,7-8H,5-6,9H2,(H,21,23)(H,25,26). The summed E-state index contributed by atoms with van der Waals surface area (Å²) in [6.07, 6.45) is -0.790. The van der Waals surface area contributed by atoms with Gasteiger partial charge in [-0.15, -0.1) is 0 Å². The van der Waals surface area contributed by atoms with E-state index in [1.54, 1.807) is 35.2 Å². The molecule has 26 heavy (non-hydrogen) atoms. The summed E-state index contributed by atoms with van der Waals surface area (Å²) >= 11 is 7.86. The van der Waals surface area contributed by atoms with E-state index in [1.807, 2.05) is 34.0 Å². The summed E-state index contributed by atoms with van der Waals surface area (Å²) in [4.78, 5) is 37.0. The number of rotatable bonds is 2. The summed E-state index contributed by atoms with van der Waals surface area (Å²) in [6.45, 7) is 0.961. The molecule has 3 rings (SSSR count). The van der Waals surface area contributed by atoms with Crippen LogP contribution in [0, 0.1) is 3.57 Å². The second kappa shape index (κ2) is 7.63. The third-order valence-corrected chi connectivity index (χ3v) is 5.29. The molecule has 6 nitrogen and oxygen atoms in total. The van der Waals surface area contributed by atoms with Crippen molar-refractivity contribution in [1.29, 1.82) is 0 Å². The summed E-state index contributed by atoms with van der Waals surface area (Å²) in [5.41, 5.74) is 2.80. The van der Waals surface area contributed by atoms with Crippen LogP contribution in [0.2, 0.25) is 5.02 Å². The number of hydrogen-bond donors (Lipinski definition) is 2. The van der Waals surface area contributed by atoms with E-state index in [0.29, 0.717) is 39.2 Å². The first-order chi connectivity index (χ1) is 12.3. The van der Waals surface area contributed by atoms with Crippen LogP contribution in [-0.4, -0.2) is 34.5 Å². The van der Waals surface area contributed by atoms with E-state index < -0.39 is 12.0 Å². The fraction of sp³-hybridized carbons (Fsp3) is 0.167. The maximum atomic E-state index is 12.7. The van der Waals surface area contributed by atoms with Gasteiger partial charge in [-0.25, -0.2) is 4.79 Å². The van der Waals surface area contributed by atoms with Gasteiger partial charge >= 0.3 is 6.09 Å². The molecule has 2 aromatic rings. The highest BCUT2D eigenvalue weighted by atomic mass is 127. The van der Waals surface area contributed by atoms with Crippen LogP contribution in [-0.2, 0) is 13.0 Å². The molecule has 3 amide bonds. The number of halogens is 2. The molecule has 0 unspecified atom stereocenters. The quantitative estimate of drug-likeness (QED) is 0.639. The topological polar surface area (TPSA) is 86.7 Å². The smallest absolute Gasteiger partial charge is 0.411 e. The van der Waals surface area contributed by atoms with E-state index in [4.69, 9.17) is 16.7 Å². The van der Waals surface area contributed by atoms with Gasteiger partial charge in [0.2, 0.25) is 0 Å². The molecule has 134 valence electrons. The molecule has 0 aliphatic carbocycles. The highest BCUT2D eigenvalue weighted by Crippen LogP contribution is 2.26. The number of carbonyl (C=O) groups is 3. The van der Waals surface area contributed by atoms with Crippen LogP contribution in [0.3, 0.4) is 0 Å². The van der Waals surface area contributed by atoms with Gasteiger partial charge in [0.05, 0.1) is 5.56 Å². The van der Waals surface area contributed by atoms with Crippen molar-refractivity contribution in [3.63, 3.8) is 0 Å². The fourth-order valence-corrected chi connectivity index (χ4v) is 3.77. The number of carbonyl (C=O) groups excluding carboxylic acids is 2. The first kappa shape index (κ1) is 18.7. The van der Waals surface area contributed by atoms with Gasteiger partial charge in [0.1, 0.15) is 0 Å². The average molecular weight is 485 g/mol. The third kappa shape index (κ3) is 3.99. The molecule has 0 spiro atoms. The van der Waals surface area contributed by atoms with Gasteiger partial charge in [-0.05, 0) is 76.5 Å². The molecule has 1 heterocycles. The van der Waals surface area contributed by atoms with Crippen molar-refractivity contribution in [2.75, 3.05) is 6.54 Å². The Morgan fingerprint density at radius 3 is 2.46 bits per heavy atom. The molecule has 0 saturated heterocycles. The summed E-state index contributed by atoms with van der Waals surface area (Å²) < 4.78 is 0.640. The van der Waals surface area contributed by atoms with Crippen LogP contribution in [0.1, 0.15) is 31.8 Å². The second-order valence-electron chi connectivity index (χ2n) is 5.84. The van der Waals surface area contributed by atoms with Gasteiger partial charge in [-0.3, -0.25) is 14.9 Å². The van der Waals surface area contributed by atoms with Crippen LogP contribution in [0.15, 0.2) is 36.4 Å². The Hall–Kier alpha value is -2.13. The first-order valence-corrected chi connectivity index (χ1v) is 9.21. The van der Waals surface area contributed by atoms with Gasteiger partial charge in [0, 0.05) is 27.2 Å². The highest BCUT2D eigenvalue weighted by molar-refractivity contribution is 14.1. The van der Waals surface area contributed by atoms with Crippen LogP contribution in [0.5, 0.6) is 0 Å². The van der Waals surface area contributed by atoms with Crippen LogP contribution in [0.4, 0.5) is 4.79 Å². The van der Waals surface area contributed by atoms with Crippen molar-refractivity contribution in [2.24, 2.45) is 0 Å². The first-order valence-electron chi connectivity index (χ1n) is 7.75. The molecule has 0 radical (unpaired) electrons. The van der Waals surface area contributed by atoms with E-state index in [9.17, 15) is 14.4 Å². The Morgan fingerprint density at radius 2 is 1.81 bits per heavy atom. The minimum Gasteiger partial charge on any atom is -0.465 e. The summed E-state index contributed by atoms with van der Waals surface area (Å²) in [5.74, 6) is -0.723. The normalized spacial score (nSPS) is 13.1. The number of nitrogens with one attached hydrogen (secondary N) is 1. The Bertz CT molecular complexity index is 899. The molecule has 1 aliphatic rings. The zero-order valence-corrected chi connectivity index (χ0v) is 16.4. The van der Waals surface area contributed by atoms with E-state index in [0.717, 1.165) is 11.1 Å². The number of nitrogens with zero attached hydrogens (tertiary/aromatic N) is 1. The molecular formula is C18H14ClIN2O4. The lowest BCUT2D eigenvalue weighted by molar-refractivity contribution is 0.0733. The lowest BCUT2D eigenvalue weighted by Gasteiger charge is -2.29. The fourth-order valence-electron chi connectivity index (χ4n) is 2.87. The van der Waals surface area contributed by atoms with E-state index in [-0.39, 0.29) is 5.91 Å². The molecule has 2 aromatic carbocycles. The summed E-state index contributed by atoms with van der Waals surface area (Å²) in [7, 11) is 0. The maximum absolute atomic E-state index is 12.7. The SMILES string of the molecule is O=C(O)NC(=O)c1cc2c(cc1I)CN(C(=O)c1ccc(Cl)cc1)CC2. The number of imide groups is 1. The molecule has 0 saturated carbocycles. The van der Waals surface area contributed by atoms with Crippen molar-refractivity contribution in [2.45, 2.75) is 13.0 Å². The lowest BCUT2D eigenvalue weighted by atomic mass is 9.96.